The van der Waals surface area contributed by atoms with Crippen molar-refractivity contribution in [3.63, 3.8) is 0 Å². The van der Waals surface area contributed by atoms with Gasteiger partial charge in [0, 0.05) is 17.7 Å². The minimum atomic E-state index is -0.534. The molecule has 0 aromatic heterocycles. The number of hydrogen-bond acceptors (Lipinski definition) is 5. The summed E-state index contributed by atoms with van der Waals surface area (Å²) in [4.78, 5) is 9.88. The second kappa shape index (κ2) is 4.22. The molecule has 6 heteroatoms. The summed E-state index contributed by atoms with van der Waals surface area (Å²) in [5, 5.41) is 21.8. The number of non-ortho nitro benzene ring substituents is 1. The van der Waals surface area contributed by atoms with Crippen LogP contribution in [0.5, 0.6) is 0 Å². The Balaban J connectivity index is 3.11. The van der Waals surface area contributed by atoms with Crippen LogP contribution in [0.3, 0.4) is 0 Å². The number of oxime groups is 1. The van der Waals surface area contributed by atoms with Gasteiger partial charge in [-0.2, -0.15) is 0 Å². The number of rotatable bonds is 2. The number of benzene rings is 1. The normalized spacial score (nSPS) is 11.1. The van der Waals surface area contributed by atoms with E-state index in [1.807, 2.05) is 0 Å². The van der Waals surface area contributed by atoms with Crippen LogP contribution in [-0.2, 0) is 4.74 Å². The van der Waals surface area contributed by atoms with Gasteiger partial charge in [-0.25, -0.2) is 0 Å². The monoisotopic (exact) mass is 196 g/mol. The highest BCUT2D eigenvalue weighted by molar-refractivity contribution is 5.94. The van der Waals surface area contributed by atoms with Gasteiger partial charge in [0.1, 0.15) is 0 Å². The molecule has 0 atom stereocenters. The van der Waals surface area contributed by atoms with Gasteiger partial charge in [0.05, 0.1) is 12.0 Å². The van der Waals surface area contributed by atoms with Gasteiger partial charge >= 0.3 is 0 Å². The summed E-state index contributed by atoms with van der Waals surface area (Å²) in [7, 11) is 1.31. The smallest absolute Gasteiger partial charge is 0.270 e. The van der Waals surface area contributed by atoms with Crippen molar-refractivity contribution < 1.29 is 14.9 Å². The van der Waals surface area contributed by atoms with E-state index in [2.05, 4.69) is 5.16 Å². The molecule has 6 nitrogen and oxygen atoms in total. The van der Waals surface area contributed by atoms with E-state index < -0.39 is 4.92 Å². The highest BCUT2D eigenvalue weighted by Crippen LogP contribution is 2.13. The van der Waals surface area contributed by atoms with Crippen LogP contribution in [-0.4, -0.2) is 23.1 Å². The van der Waals surface area contributed by atoms with Crippen molar-refractivity contribution in [3.8, 4) is 0 Å². The lowest BCUT2D eigenvalue weighted by Gasteiger charge is -2.01. The van der Waals surface area contributed by atoms with Gasteiger partial charge in [-0.3, -0.25) is 10.1 Å². The Bertz CT molecular complexity index is 375. The van der Waals surface area contributed by atoms with Crippen molar-refractivity contribution >= 4 is 11.6 Å². The van der Waals surface area contributed by atoms with E-state index >= 15 is 0 Å². The van der Waals surface area contributed by atoms with E-state index in [-0.39, 0.29) is 11.6 Å². The summed E-state index contributed by atoms with van der Waals surface area (Å²) in [6.07, 6.45) is 0. The zero-order chi connectivity index (χ0) is 10.6. The summed E-state index contributed by atoms with van der Waals surface area (Å²) in [6, 6.07) is 5.63. The van der Waals surface area contributed by atoms with Gasteiger partial charge in [-0.1, -0.05) is 6.07 Å². The Kier molecular flexibility index (Phi) is 3.01. The quantitative estimate of drug-likeness (QED) is 0.254. The molecule has 0 saturated carbocycles. The minimum Gasteiger partial charge on any atom is -0.479 e. The third-order valence-electron chi connectivity index (χ3n) is 1.59. The van der Waals surface area contributed by atoms with Crippen LogP contribution >= 0.6 is 0 Å². The molecule has 1 N–H and O–H groups in total. The van der Waals surface area contributed by atoms with Gasteiger partial charge in [0.2, 0.25) is 0 Å². The second-order valence-electron chi connectivity index (χ2n) is 2.42. The van der Waals surface area contributed by atoms with Gasteiger partial charge in [0.15, 0.2) is 0 Å². The highest BCUT2D eigenvalue weighted by Gasteiger charge is 2.10. The molecular formula is C8H8N2O4. The largest absolute Gasteiger partial charge is 0.479 e. The number of nitro benzene ring substituents is 1. The molecule has 0 aliphatic heterocycles. The fourth-order valence-electron chi connectivity index (χ4n) is 0.969. The van der Waals surface area contributed by atoms with Crippen LogP contribution in [0.2, 0.25) is 0 Å². The average Bonchev–Trinajstić information content (AvgIpc) is 2.20. The van der Waals surface area contributed by atoms with E-state index in [4.69, 9.17) is 9.94 Å². The first-order valence-corrected chi connectivity index (χ1v) is 3.70. The lowest BCUT2D eigenvalue weighted by atomic mass is 10.2. The Hall–Kier alpha value is -2.11. The van der Waals surface area contributed by atoms with E-state index in [9.17, 15) is 10.1 Å². The van der Waals surface area contributed by atoms with E-state index in [1.165, 1.54) is 25.3 Å². The molecule has 1 aromatic carbocycles. The zero-order valence-electron chi connectivity index (χ0n) is 7.38. The third-order valence-corrected chi connectivity index (χ3v) is 1.59. The lowest BCUT2D eigenvalue weighted by Crippen LogP contribution is -2.03. The Morgan fingerprint density at radius 2 is 2.36 bits per heavy atom. The minimum absolute atomic E-state index is 0.0614. The van der Waals surface area contributed by atoms with Crippen LogP contribution < -0.4 is 0 Å². The fourth-order valence-corrected chi connectivity index (χ4v) is 0.969. The van der Waals surface area contributed by atoms with Crippen molar-refractivity contribution in [2.45, 2.75) is 0 Å². The average molecular weight is 196 g/mol. The zero-order valence-corrected chi connectivity index (χ0v) is 7.38. The first kappa shape index (κ1) is 9.97. The number of hydrogen-bond donors (Lipinski definition) is 1. The Morgan fingerprint density at radius 3 is 2.86 bits per heavy atom. The Morgan fingerprint density at radius 1 is 1.64 bits per heavy atom. The first-order valence-electron chi connectivity index (χ1n) is 3.70. The maximum absolute atomic E-state index is 10.4. The number of methoxy groups -OCH3 is 1. The second-order valence-corrected chi connectivity index (χ2v) is 2.42. The van der Waals surface area contributed by atoms with Crippen LogP contribution in [0.25, 0.3) is 0 Å². The van der Waals surface area contributed by atoms with Gasteiger partial charge in [-0.15, -0.1) is 0 Å². The Labute approximate surface area is 79.6 Å². The fraction of sp³-hybridized carbons (Fsp3) is 0.125. The molecule has 0 unspecified atom stereocenters. The highest BCUT2D eigenvalue weighted by atomic mass is 16.6. The van der Waals surface area contributed by atoms with Gasteiger partial charge in [0.25, 0.3) is 11.6 Å². The van der Waals surface area contributed by atoms with Crippen LogP contribution in [0, 0.1) is 10.1 Å². The maximum atomic E-state index is 10.4. The van der Waals surface area contributed by atoms with Crippen molar-refractivity contribution in [2.75, 3.05) is 7.11 Å². The molecule has 74 valence electrons. The maximum Gasteiger partial charge on any atom is 0.270 e. The van der Waals surface area contributed by atoms with E-state index in [1.54, 1.807) is 6.07 Å². The standard InChI is InChI=1S/C8H8N2O4/c1-14-8(9-11)6-3-2-4-7(5-6)10(12)13/h2-5,11H,1H3/b9-8-. The first-order chi connectivity index (χ1) is 6.69. The SMILES string of the molecule is CO/C(=N\O)c1cccc([N+](=O)[O-])c1. The van der Waals surface area contributed by atoms with Gasteiger partial charge < -0.3 is 9.94 Å². The molecule has 0 heterocycles. The molecule has 0 amide bonds. The van der Waals surface area contributed by atoms with Crippen molar-refractivity contribution in [2.24, 2.45) is 5.16 Å². The van der Waals surface area contributed by atoms with Gasteiger partial charge in [-0.05, 0) is 11.2 Å². The molecule has 0 bridgehead atoms. The summed E-state index contributed by atoms with van der Waals surface area (Å²) < 4.78 is 4.70. The third kappa shape index (κ3) is 1.98. The van der Waals surface area contributed by atoms with Crippen molar-refractivity contribution in [1.82, 2.24) is 0 Å². The molecule has 0 spiro atoms. The van der Waals surface area contributed by atoms with Crippen LogP contribution in [0.15, 0.2) is 29.4 Å². The van der Waals surface area contributed by atoms with E-state index in [0.29, 0.717) is 5.56 Å². The predicted molar refractivity (Wildman–Crippen MR) is 48.4 cm³/mol. The molecular weight excluding hydrogens is 188 g/mol. The molecule has 1 aromatic rings. The predicted octanol–water partition coefficient (Wildman–Crippen LogP) is 1.38. The van der Waals surface area contributed by atoms with Crippen LogP contribution in [0.4, 0.5) is 5.69 Å². The molecule has 14 heavy (non-hydrogen) atoms. The molecule has 0 aliphatic carbocycles. The lowest BCUT2D eigenvalue weighted by molar-refractivity contribution is -0.384. The van der Waals surface area contributed by atoms with Crippen molar-refractivity contribution in [3.05, 3.63) is 39.9 Å². The molecule has 1 rings (SSSR count). The summed E-state index contributed by atoms with van der Waals surface area (Å²) in [6.45, 7) is 0. The molecule has 0 aliphatic rings. The summed E-state index contributed by atoms with van der Waals surface area (Å²) in [5.41, 5.74) is 0.268. The molecule has 0 radical (unpaired) electrons. The number of ether oxygens (including phenoxy) is 1. The molecule has 0 fully saturated rings. The summed E-state index contributed by atoms with van der Waals surface area (Å²) in [5.74, 6) is -0.0614. The van der Waals surface area contributed by atoms with Crippen molar-refractivity contribution in [1.29, 1.82) is 0 Å². The number of nitrogens with zero attached hydrogens (tertiary/aromatic N) is 2. The molecule has 0 saturated heterocycles. The van der Waals surface area contributed by atoms with Crippen LogP contribution in [0.1, 0.15) is 5.56 Å². The summed E-state index contributed by atoms with van der Waals surface area (Å²) >= 11 is 0. The topological polar surface area (TPSA) is 85.0 Å². The number of nitro groups is 1. The van der Waals surface area contributed by atoms with E-state index in [0.717, 1.165) is 0 Å².